The molecule has 0 radical (unpaired) electrons. The molecule has 0 aromatic heterocycles. The lowest BCUT2D eigenvalue weighted by Gasteiger charge is -2.31. The summed E-state index contributed by atoms with van der Waals surface area (Å²) in [5, 5.41) is 11.7. The second-order valence-electron chi connectivity index (χ2n) is 4.96. The quantitative estimate of drug-likeness (QED) is 0.367. The number of carbonyl (C=O) groups is 1. The van der Waals surface area contributed by atoms with E-state index in [1.807, 2.05) is 36.1 Å². The number of rotatable bonds is 2. The lowest BCUT2D eigenvalue weighted by Crippen LogP contribution is -2.41. The highest BCUT2D eigenvalue weighted by Crippen LogP contribution is 2.19. The molecule has 1 amide bonds. The molecule has 1 saturated heterocycles. The van der Waals surface area contributed by atoms with Crippen LogP contribution in [-0.2, 0) is 0 Å². The Balaban J connectivity index is 2.00. The van der Waals surface area contributed by atoms with Crippen LogP contribution in [0, 0.1) is 12.8 Å². The first-order chi connectivity index (χ1) is 9.11. The summed E-state index contributed by atoms with van der Waals surface area (Å²) in [6.45, 7) is 3.27. The van der Waals surface area contributed by atoms with Crippen LogP contribution in [0.4, 0.5) is 0 Å². The summed E-state index contributed by atoms with van der Waals surface area (Å²) in [7, 11) is 0. The third kappa shape index (κ3) is 3.05. The summed E-state index contributed by atoms with van der Waals surface area (Å²) >= 11 is 0. The maximum absolute atomic E-state index is 12.3. The predicted molar refractivity (Wildman–Crippen MR) is 73.2 cm³/mol. The van der Waals surface area contributed by atoms with Gasteiger partial charge in [0, 0.05) is 24.6 Å². The van der Waals surface area contributed by atoms with E-state index in [4.69, 9.17) is 10.9 Å². The molecule has 2 rings (SSSR count). The molecule has 5 heteroatoms. The topological polar surface area (TPSA) is 78.9 Å². The number of piperidine rings is 1. The maximum atomic E-state index is 12.3. The monoisotopic (exact) mass is 261 g/mol. The van der Waals surface area contributed by atoms with Crippen LogP contribution in [0.2, 0.25) is 0 Å². The number of hydrogen-bond donors (Lipinski definition) is 2. The van der Waals surface area contributed by atoms with Gasteiger partial charge in [0.15, 0.2) is 0 Å². The van der Waals surface area contributed by atoms with Crippen molar-refractivity contribution in [2.24, 2.45) is 16.8 Å². The smallest absolute Gasteiger partial charge is 0.253 e. The van der Waals surface area contributed by atoms with Crippen LogP contribution in [0.25, 0.3) is 0 Å². The lowest BCUT2D eigenvalue weighted by atomic mass is 9.95. The van der Waals surface area contributed by atoms with Gasteiger partial charge in [-0.15, -0.1) is 0 Å². The zero-order valence-electron chi connectivity index (χ0n) is 11.0. The average molecular weight is 261 g/mol. The SMILES string of the molecule is Cc1cccc(C(=O)N2CCC(C(N)=NO)CC2)c1. The average Bonchev–Trinajstić information content (AvgIpc) is 2.46. The Hall–Kier alpha value is -2.04. The van der Waals surface area contributed by atoms with Gasteiger partial charge in [-0.25, -0.2) is 0 Å². The van der Waals surface area contributed by atoms with Crippen LogP contribution in [0.5, 0.6) is 0 Å². The fourth-order valence-electron chi connectivity index (χ4n) is 2.42. The highest BCUT2D eigenvalue weighted by Gasteiger charge is 2.25. The van der Waals surface area contributed by atoms with Crippen molar-refractivity contribution in [1.82, 2.24) is 4.90 Å². The van der Waals surface area contributed by atoms with Gasteiger partial charge in [-0.3, -0.25) is 4.79 Å². The number of aryl methyl sites for hydroxylation is 1. The van der Waals surface area contributed by atoms with Crippen molar-refractivity contribution < 1.29 is 10.0 Å². The number of oxime groups is 1. The number of amides is 1. The van der Waals surface area contributed by atoms with Crippen molar-refractivity contribution in [3.05, 3.63) is 35.4 Å². The standard InChI is InChI=1S/C14H19N3O2/c1-10-3-2-4-12(9-10)14(18)17-7-5-11(6-8-17)13(15)16-19/h2-4,9,11,19H,5-8H2,1H3,(H2,15,16). The van der Waals surface area contributed by atoms with Gasteiger partial charge in [0.05, 0.1) is 0 Å². The third-order valence-corrected chi connectivity index (χ3v) is 3.58. The van der Waals surface area contributed by atoms with Gasteiger partial charge in [-0.05, 0) is 31.9 Å². The maximum Gasteiger partial charge on any atom is 0.253 e. The molecule has 19 heavy (non-hydrogen) atoms. The minimum atomic E-state index is 0.0571. The Morgan fingerprint density at radius 2 is 2.11 bits per heavy atom. The first kappa shape index (κ1) is 13.4. The molecule has 5 nitrogen and oxygen atoms in total. The lowest BCUT2D eigenvalue weighted by molar-refractivity contribution is 0.0709. The van der Waals surface area contributed by atoms with Crippen LogP contribution in [-0.4, -0.2) is 34.9 Å². The molecule has 0 bridgehead atoms. The van der Waals surface area contributed by atoms with Gasteiger partial charge in [-0.2, -0.15) is 0 Å². The minimum Gasteiger partial charge on any atom is -0.409 e. The van der Waals surface area contributed by atoms with Crippen molar-refractivity contribution in [3.8, 4) is 0 Å². The molecule has 1 aliphatic rings. The molecular formula is C14H19N3O2. The summed E-state index contributed by atoms with van der Waals surface area (Å²) in [6.07, 6.45) is 1.49. The van der Waals surface area contributed by atoms with Crippen LogP contribution < -0.4 is 5.73 Å². The van der Waals surface area contributed by atoms with Gasteiger partial charge in [0.2, 0.25) is 0 Å². The van der Waals surface area contributed by atoms with Crippen LogP contribution in [0.15, 0.2) is 29.4 Å². The van der Waals surface area contributed by atoms with E-state index in [2.05, 4.69) is 5.16 Å². The van der Waals surface area contributed by atoms with E-state index in [1.165, 1.54) is 0 Å². The molecule has 0 aliphatic carbocycles. The number of amidine groups is 1. The Morgan fingerprint density at radius 1 is 1.42 bits per heavy atom. The molecule has 0 unspecified atom stereocenters. The highest BCUT2D eigenvalue weighted by atomic mass is 16.4. The molecule has 1 aliphatic heterocycles. The molecule has 3 N–H and O–H groups in total. The van der Waals surface area contributed by atoms with E-state index in [1.54, 1.807) is 0 Å². The normalized spacial score (nSPS) is 17.5. The fraction of sp³-hybridized carbons (Fsp3) is 0.429. The Bertz CT molecular complexity index is 491. The van der Waals surface area contributed by atoms with Gasteiger partial charge >= 0.3 is 0 Å². The summed E-state index contributed by atoms with van der Waals surface area (Å²) in [4.78, 5) is 14.1. The molecule has 0 saturated carbocycles. The molecule has 1 fully saturated rings. The summed E-state index contributed by atoms with van der Waals surface area (Å²) in [5.74, 6) is 0.399. The number of nitrogens with zero attached hydrogens (tertiary/aromatic N) is 2. The Labute approximate surface area is 112 Å². The first-order valence-corrected chi connectivity index (χ1v) is 6.45. The zero-order valence-corrected chi connectivity index (χ0v) is 11.0. The van der Waals surface area contributed by atoms with Gasteiger partial charge in [0.25, 0.3) is 5.91 Å². The summed E-state index contributed by atoms with van der Waals surface area (Å²) < 4.78 is 0. The van der Waals surface area contributed by atoms with Gasteiger partial charge in [-0.1, -0.05) is 22.9 Å². The predicted octanol–water partition coefficient (Wildman–Crippen LogP) is 1.59. The summed E-state index contributed by atoms with van der Waals surface area (Å²) in [6, 6.07) is 7.61. The van der Waals surface area contributed by atoms with Crippen molar-refractivity contribution in [1.29, 1.82) is 0 Å². The van der Waals surface area contributed by atoms with Crippen LogP contribution in [0.1, 0.15) is 28.8 Å². The minimum absolute atomic E-state index is 0.0571. The Kier molecular flexibility index (Phi) is 4.04. The molecular weight excluding hydrogens is 242 g/mol. The molecule has 1 aromatic rings. The third-order valence-electron chi connectivity index (χ3n) is 3.58. The molecule has 1 aromatic carbocycles. The first-order valence-electron chi connectivity index (χ1n) is 6.45. The van der Waals surface area contributed by atoms with Crippen molar-refractivity contribution in [3.63, 3.8) is 0 Å². The number of hydrogen-bond acceptors (Lipinski definition) is 3. The zero-order chi connectivity index (χ0) is 13.8. The van der Waals surface area contributed by atoms with Gasteiger partial charge in [0.1, 0.15) is 5.84 Å². The Morgan fingerprint density at radius 3 is 2.68 bits per heavy atom. The van der Waals surface area contributed by atoms with Crippen molar-refractivity contribution in [2.75, 3.05) is 13.1 Å². The van der Waals surface area contributed by atoms with Crippen LogP contribution >= 0.6 is 0 Å². The largest absolute Gasteiger partial charge is 0.409 e. The van der Waals surface area contributed by atoms with Crippen molar-refractivity contribution in [2.45, 2.75) is 19.8 Å². The molecule has 0 atom stereocenters. The molecule has 102 valence electrons. The number of carbonyl (C=O) groups excluding carboxylic acids is 1. The van der Waals surface area contributed by atoms with Crippen LogP contribution in [0.3, 0.4) is 0 Å². The molecule has 0 spiro atoms. The van der Waals surface area contributed by atoms with Crippen molar-refractivity contribution >= 4 is 11.7 Å². The van der Waals surface area contributed by atoms with E-state index in [9.17, 15) is 4.79 Å². The second-order valence-corrected chi connectivity index (χ2v) is 4.96. The van der Waals surface area contributed by atoms with E-state index in [0.717, 1.165) is 24.0 Å². The number of benzene rings is 1. The number of likely N-dealkylation sites (tertiary alicyclic amines) is 1. The highest BCUT2D eigenvalue weighted by molar-refractivity contribution is 5.94. The van der Waals surface area contributed by atoms with E-state index in [0.29, 0.717) is 13.1 Å². The fourth-order valence-corrected chi connectivity index (χ4v) is 2.42. The number of nitrogens with two attached hydrogens (primary N) is 1. The summed E-state index contributed by atoms with van der Waals surface area (Å²) in [5.41, 5.74) is 7.40. The van der Waals surface area contributed by atoms with E-state index >= 15 is 0 Å². The van der Waals surface area contributed by atoms with Gasteiger partial charge < -0.3 is 15.8 Å². The van der Waals surface area contributed by atoms with E-state index < -0.39 is 0 Å². The second kappa shape index (κ2) is 5.73. The molecule has 1 heterocycles. The van der Waals surface area contributed by atoms with E-state index in [-0.39, 0.29) is 17.7 Å².